The normalized spacial score (nSPS) is 9.93. The van der Waals surface area contributed by atoms with Crippen LogP contribution in [0.3, 0.4) is 0 Å². The van der Waals surface area contributed by atoms with Crippen LogP contribution in [0.4, 0.5) is 0 Å². The van der Waals surface area contributed by atoms with E-state index in [1.807, 2.05) is 0 Å². The number of hydrogen-bond donors (Lipinski definition) is 0. The van der Waals surface area contributed by atoms with E-state index in [1.54, 1.807) is 14.0 Å². The molecular weight excluding hydrogens is 184 g/mol. The highest BCUT2D eigenvalue weighted by atomic mass is 16.5. The van der Waals surface area contributed by atoms with Gasteiger partial charge < -0.3 is 9.30 Å². The molecule has 0 saturated carbocycles. The van der Waals surface area contributed by atoms with Gasteiger partial charge in [-0.15, -0.1) is 0 Å². The first-order valence-electron chi connectivity index (χ1n) is 4.15. The van der Waals surface area contributed by atoms with E-state index < -0.39 is 5.97 Å². The number of hydrogen-bond acceptors (Lipinski definition) is 4. The number of carbonyl (C=O) groups is 1. The van der Waals surface area contributed by atoms with Gasteiger partial charge >= 0.3 is 5.97 Å². The highest BCUT2D eigenvalue weighted by Crippen LogP contribution is 1.95. The van der Waals surface area contributed by atoms with Crippen LogP contribution >= 0.6 is 0 Å². The van der Waals surface area contributed by atoms with E-state index >= 15 is 0 Å². The van der Waals surface area contributed by atoms with E-state index in [-0.39, 0.29) is 12.0 Å². The van der Waals surface area contributed by atoms with E-state index in [2.05, 4.69) is 9.72 Å². The Morgan fingerprint density at radius 3 is 2.79 bits per heavy atom. The van der Waals surface area contributed by atoms with Crippen molar-refractivity contribution in [3.05, 3.63) is 27.9 Å². The Balaban J connectivity index is 3.01. The van der Waals surface area contributed by atoms with Crippen molar-refractivity contribution >= 4 is 5.97 Å². The Labute approximate surface area is 81.3 Å². The summed E-state index contributed by atoms with van der Waals surface area (Å²) in [4.78, 5) is 26.3. The van der Waals surface area contributed by atoms with Gasteiger partial charge in [-0.05, 0) is 6.92 Å². The molecule has 1 rings (SSSR count). The van der Waals surface area contributed by atoms with Crippen LogP contribution in [0, 0.1) is 6.92 Å². The van der Waals surface area contributed by atoms with E-state index in [1.165, 1.54) is 17.7 Å². The predicted molar refractivity (Wildman–Crippen MR) is 49.9 cm³/mol. The van der Waals surface area contributed by atoms with Crippen LogP contribution in [0.25, 0.3) is 0 Å². The highest BCUT2D eigenvalue weighted by Gasteiger charge is 2.06. The largest absolute Gasteiger partial charge is 0.469 e. The lowest BCUT2D eigenvalue weighted by atomic mass is 10.3. The second-order valence-electron chi connectivity index (χ2n) is 2.94. The summed E-state index contributed by atoms with van der Waals surface area (Å²) in [5, 5.41) is 0. The number of aryl methyl sites for hydroxylation is 1. The van der Waals surface area contributed by atoms with Gasteiger partial charge in [0.05, 0.1) is 19.2 Å². The molecule has 0 aliphatic rings. The van der Waals surface area contributed by atoms with Gasteiger partial charge in [0.1, 0.15) is 5.82 Å². The van der Waals surface area contributed by atoms with Crippen molar-refractivity contribution in [3.63, 3.8) is 0 Å². The van der Waals surface area contributed by atoms with Crippen molar-refractivity contribution in [1.29, 1.82) is 0 Å². The number of methoxy groups -OCH3 is 1. The third-order valence-electron chi connectivity index (χ3n) is 1.96. The third kappa shape index (κ3) is 2.18. The lowest BCUT2D eigenvalue weighted by Crippen LogP contribution is -2.22. The van der Waals surface area contributed by atoms with Crippen molar-refractivity contribution in [2.45, 2.75) is 13.3 Å². The summed E-state index contributed by atoms with van der Waals surface area (Å²) in [6.07, 6.45) is 0.0351. The summed E-state index contributed by atoms with van der Waals surface area (Å²) in [7, 11) is 2.93. The lowest BCUT2D eigenvalue weighted by molar-refractivity contribution is -0.139. The molecule has 0 bridgehead atoms. The molecule has 0 fully saturated rings. The molecule has 0 spiro atoms. The molecule has 76 valence electrons. The second-order valence-corrected chi connectivity index (χ2v) is 2.94. The first kappa shape index (κ1) is 10.4. The first-order valence-corrected chi connectivity index (χ1v) is 4.15. The molecule has 0 N–H and O–H groups in total. The lowest BCUT2D eigenvalue weighted by Gasteiger charge is -2.04. The highest BCUT2D eigenvalue weighted by molar-refractivity contribution is 5.71. The first-order chi connectivity index (χ1) is 6.54. The molecule has 5 heteroatoms. The number of nitrogens with zero attached hydrogens (tertiary/aromatic N) is 2. The van der Waals surface area contributed by atoms with Crippen LogP contribution < -0.4 is 5.56 Å². The zero-order chi connectivity index (χ0) is 10.7. The molecule has 0 aliphatic carbocycles. The van der Waals surface area contributed by atoms with Gasteiger partial charge in [0, 0.05) is 13.1 Å². The van der Waals surface area contributed by atoms with Crippen LogP contribution in [0.15, 0.2) is 10.9 Å². The summed E-state index contributed by atoms with van der Waals surface area (Å²) in [6, 6.07) is 1.34. The molecule has 0 aliphatic heterocycles. The minimum atomic E-state index is -0.398. The van der Waals surface area contributed by atoms with E-state index in [0.29, 0.717) is 11.5 Å². The van der Waals surface area contributed by atoms with Crippen LogP contribution in [-0.2, 0) is 23.0 Å². The summed E-state index contributed by atoms with van der Waals surface area (Å²) in [5.74, 6) is 0.182. The standard InChI is InChI=1S/C9H12N2O3/c1-6-10-7(5-9(13)14-3)4-8(12)11(6)2/h4H,5H2,1-3H3. The van der Waals surface area contributed by atoms with E-state index in [9.17, 15) is 9.59 Å². The number of carbonyl (C=O) groups excluding carboxylic acids is 1. The van der Waals surface area contributed by atoms with Crippen molar-refractivity contribution in [2.24, 2.45) is 7.05 Å². The van der Waals surface area contributed by atoms with Gasteiger partial charge in [-0.1, -0.05) is 0 Å². The maximum atomic E-state index is 11.3. The average Bonchev–Trinajstić information content (AvgIpc) is 2.14. The SMILES string of the molecule is COC(=O)Cc1cc(=O)n(C)c(C)n1. The minimum Gasteiger partial charge on any atom is -0.469 e. The van der Waals surface area contributed by atoms with Crippen LogP contribution in [0.1, 0.15) is 11.5 Å². The summed E-state index contributed by atoms with van der Waals surface area (Å²) in [5.41, 5.74) is 0.272. The number of aromatic nitrogens is 2. The van der Waals surface area contributed by atoms with Gasteiger partial charge in [-0.2, -0.15) is 0 Å². The van der Waals surface area contributed by atoms with Crippen molar-refractivity contribution < 1.29 is 9.53 Å². The molecular formula is C9H12N2O3. The Hall–Kier alpha value is -1.65. The van der Waals surface area contributed by atoms with Crippen LogP contribution in [0.5, 0.6) is 0 Å². The van der Waals surface area contributed by atoms with Gasteiger partial charge in [0.25, 0.3) is 5.56 Å². The summed E-state index contributed by atoms with van der Waals surface area (Å²) < 4.78 is 5.89. The van der Waals surface area contributed by atoms with Gasteiger partial charge in [0.15, 0.2) is 0 Å². The zero-order valence-corrected chi connectivity index (χ0v) is 8.40. The van der Waals surface area contributed by atoms with Crippen LogP contribution in [-0.4, -0.2) is 22.6 Å². The molecule has 5 nitrogen and oxygen atoms in total. The monoisotopic (exact) mass is 196 g/mol. The number of ether oxygens (including phenoxy) is 1. The topological polar surface area (TPSA) is 61.2 Å². The summed E-state index contributed by atoms with van der Waals surface area (Å²) in [6.45, 7) is 1.71. The zero-order valence-electron chi connectivity index (χ0n) is 8.40. The van der Waals surface area contributed by atoms with E-state index in [0.717, 1.165) is 0 Å². The van der Waals surface area contributed by atoms with Gasteiger partial charge in [-0.25, -0.2) is 4.98 Å². The van der Waals surface area contributed by atoms with Crippen molar-refractivity contribution in [3.8, 4) is 0 Å². The fraction of sp³-hybridized carbons (Fsp3) is 0.444. The molecule has 0 radical (unpaired) electrons. The molecule has 0 saturated heterocycles. The van der Waals surface area contributed by atoms with Crippen molar-refractivity contribution in [1.82, 2.24) is 9.55 Å². The maximum absolute atomic E-state index is 11.3. The average molecular weight is 196 g/mol. The van der Waals surface area contributed by atoms with Gasteiger partial charge in [0.2, 0.25) is 0 Å². The smallest absolute Gasteiger partial charge is 0.311 e. The number of rotatable bonds is 2. The molecule has 1 heterocycles. The molecule has 1 aromatic heterocycles. The minimum absolute atomic E-state index is 0.0351. The Bertz CT molecular complexity index is 409. The second kappa shape index (κ2) is 4.04. The number of esters is 1. The molecule has 0 atom stereocenters. The van der Waals surface area contributed by atoms with E-state index in [4.69, 9.17) is 0 Å². The molecule has 1 aromatic rings. The van der Waals surface area contributed by atoms with Gasteiger partial charge in [-0.3, -0.25) is 9.59 Å². The fourth-order valence-electron chi connectivity index (χ4n) is 1.02. The molecule has 0 unspecified atom stereocenters. The van der Waals surface area contributed by atoms with Crippen molar-refractivity contribution in [2.75, 3.05) is 7.11 Å². The molecule has 0 aromatic carbocycles. The van der Waals surface area contributed by atoms with Crippen LogP contribution in [0.2, 0.25) is 0 Å². The maximum Gasteiger partial charge on any atom is 0.311 e. The predicted octanol–water partition coefficient (Wildman–Crippen LogP) is -0.196. The Kier molecular flexibility index (Phi) is 3.01. The fourth-order valence-corrected chi connectivity index (χ4v) is 1.02. The third-order valence-corrected chi connectivity index (χ3v) is 1.96. The Morgan fingerprint density at radius 1 is 1.64 bits per heavy atom. The molecule has 14 heavy (non-hydrogen) atoms. The quantitative estimate of drug-likeness (QED) is 0.615. The summed E-state index contributed by atoms with van der Waals surface area (Å²) >= 11 is 0. The Morgan fingerprint density at radius 2 is 2.29 bits per heavy atom. The molecule has 0 amide bonds.